The summed E-state index contributed by atoms with van der Waals surface area (Å²) in [5.41, 5.74) is 7.15. The normalized spacial score (nSPS) is 14.6. The molecule has 0 spiro atoms. The van der Waals surface area contributed by atoms with E-state index in [2.05, 4.69) is 0 Å². The van der Waals surface area contributed by atoms with E-state index < -0.39 is 0 Å². The summed E-state index contributed by atoms with van der Waals surface area (Å²) < 4.78 is 12.9. The van der Waals surface area contributed by atoms with Crippen LogP contribution in [0.15, 0.2) is 24.3 Å². The molecule has 0 aliphatic rings. The Hall–Kier alpha value is -0.580. The zero-order valence-corrected chi connectivity index (χ0v) is 10.9. The van der Waals surface area contributed by atoms with Gasteiger partial charge in [0.15, 0.2) is 0 Å². The number of aliphatic hydroxyl groups excluding tert-OH is 1. The van der Waals surface area contributed by atoms with Crippen LogP contribution in [0.2, 0.25) is 0 Å². The molecule has 1 aromatic rings. The number of halogens is 1. The maximum absolute atomic E-state index is 12.9. The van der Waals surface area contributed by atoms with Crippen molar-refractivity contribution in [2.24, 2.45) is 5.73 Å². The van der Waals surface area contributed by atoms with Gasteiger partial charge < -0.3 is 10.8 Å². The molecule has 0 bridgehead atoms. The molecule has 2 atom stereocenters. The van der Waals surface area contributed by atoms with Crippen LogP contribution in [0.4, 0.5) is 4.39 Å². The van der Waals surface area contributed by atoms with Crippen LogP contribution in [0.3, 0.4) is 0 Å². The van der Waals surface area contributed by atoms with Gasteiger partial charge in [0.25, 0.3) is 0 Å². The van der Waals surface area contributed by atoms with Crippen molar-refractivity contribution >= 4 is 11.8 Å². The fourth-order valence-electron chi connectivity index (χ4n) is 1.61. The van der Waals surface area contributed by atoms with Gasteiger partial charge in [-0.05, 0) is 36.3 Å². The van der Waals surface area contributed by atoms with Crippen LogP contribution in [0.5, 0.6) is 0 Å². The van der Waals surface area contributed by atoms with Crippen molar-refractivity contribution in [2.75, 3.05) is 12.4 Å². The van der Waals surface area contributed by atoms with Crippen molar-refractivity contribution < 1.29 is 9.50 Å². The third-order valence-corrected chi connectivity index (χ3v) is 4.16. The van der Waals surface area contributed by atoms with E-state index in [1.807, 2.05) is 6.92 Å². The van der Waals surface area contributed by atoms with Crippen molar-refractivity contribution in [2.45, 2.75) is 31.1 Å². The summed E-state index contributed by atoms with van der Waals surface area (Å²) in [6, 6.07) is 6.58. The molecule has 0 amide bonds. The van der Waals surface area contributed by atoms with Crippen LogP contribution in [-0.4, -0.2) is 23.5 Å². The molecule has 17 heavy (non-hydrogen) atoms. The molecule has 4 heteroatoms. The van der Waals surface area contributed by atoms with Gasteiger partial charge in [0.2, 0.25) is 0 Å². The second kappa shape index (κ2) is 7.69. The number of hydrogen-bond acceptors (Lipinski definition) is 3. The summed E-state index contributed by atoms with van der Waals surface area (Å²) in [5, 5.41) is 8.96. The van der Waals surface area contributed by atoms with Crippen LogP contribution in [0.25, 0.3) is 0 Å². The maximum atomic E-state index is 12.9. The molecular formula is C13H20FNOS. The Labute approximate surface area is 106 Å². The topological polar surface area (TPSA) is 46.2 Å². The van der Waals surface area contributed by atoms with Gasteiger partial charge in [-0.3, -0.25) is 0 Å². The summed E-state index contributed by atoms with van der Waals surface area (Å²) in [5.74, 6) is 0.643. The number of nitrogens with two attached hydrogens (primary N) is 1. The lowest BCUT2D eigenvalue weighted by Crippen LogP contribution is -2.26. The van der Waals surface area contributed by atoms with E-state index in [4.69, 9.17) is 10.8 Å². The van der Waals surface area contributed by atoms with E-state index in [9.17, 15) is 4.39 Å². The Morgan fingerprint density at radius 2 is 2.00 bits per heavy atom. The molecule has 0 saturated heterocycles. The maximum Gasteiger partial charge on any atom is 0.123 e. The molecule has 0 aliphatic carbocycles. The molecule has 3 N–H and O–H groups in total. The molecule has 0 saturated carbocycles. The number of thioether (sulfide) groups is 1. The highest BCUT2D eigenvalue weighted by molar-refractivity contribution is 7.99. The van der Waals surface area contributed by atoms with Gasteiger partial charge >= 0.3 is 0 Å². The van der Waals surface area contributed by atoms with E-state index in [0.717, 1.165) is 24.2 Å². The molecule has 0 radical (unpaired) electrons. The first-order chi connectivity index (χ1) is 8.19. The van der Waals surface area contributed by atoms with Gasteiger partial charge in [-0.2, -0.15) is 11.8 Å². The van der Waals surface area contributed by atoms with Crippen molar-refractivity contribution in [3.63, 3.8) is 0 Å². The van der Waals surface area contributed by atoms with Gasteiger partial charge in [-0.15, -0.1) is 0 Å². The first-order valence-electron chi connectivity index (χ1n) is 5.92. The van der Waals surface area contributed by atoms with Crippen LogP contribution in [0, 0.1) is 5.82 Å². The minimum Gasteiger partial charge on any atom is -0.396 e. The zero-order valence-electron chi connectivity index (χ0n) is 10.1. The molecule has 0 aliphatic heterocycles. The quantitative estimate of drug-likeness (QED) is 0.738. The molecule has 96 valence electrons. The smallest absolute Gasteiger partial charge is 0.123 e. The lowest BCUT2D eigenvalue weighted by atomic mass is 10.0. The first kappa shape index (κ1) is 14.5. The Kier molecular flexibility index (Phi) is 6.55. The fourth-order valence-corrected chi connectivity index (χ4v) is 2.95. The second-order valence-corrected chi connectivity index (χ2v) is 5.24. The molecule has 0 heterocycles. The summed E-state index contributed by atoms with van der Waals surface area (Å²) in [4.78, 5) is 0. The Morgan fingerprint density at radius 3 is 2.53 bits per heavy atom. The highest BCUT2D eigenvalue weighted by atomic mass is 32.2. The minimum absolute atomic E-state index is 0.0594. The van der Waals surface area contributed by atoms with Gasteiger partial charge in [0, 0.05) is 17.9 Å². The van der Waals surface area contributed by atoms with Gasteiger partial charge in [0.05, 0.1) is 0 Å². The largest absolute Gasteiger partial charge is 0.396 e. The van der Waals surface area contributed by atoms with Crippen molar-refractivity contribution in [3.8, 4) is 0 Å². The highest BCUT2D eigenvalue weighted by Gasteiger charge is 2.18. The number of rotatable bonds is 7. The average molecular weight is 257 g/mol. The molecule has 2 unspecified atom stereocenters. The Bertz CT molecular complexity index is 318. The summed E-state index contributed by atoms with van der Waals surface area (Å²) in [6.45, 7) is 2.25. The fraction of sp³-hybridized carbons (Fsp3) is 0.538. The van der Waals surface area contributed by atoms with Gasteiger partial charge in [0.1, 0.15) is 5.82 Å². The SMILES string of the molecule is CCC(N)C(SCCCO)c1ccc(F)cc1. The monoisotopic (exact) mass is 257 g/mol. The highest BCUT2D eigenvalue weighted by Crippen LogP contribution is 2.32. The van der Waals surface area contributed by atoms with E-state index in [1.54, 1.807) is 23.9 Å². The van der Waals surface area contributed by atoms with Crippen molar-refractivity contribution in [1.29, 1.82) is 0 Å². The molecule has 1 aromatic carbocycles. The predicted octanol–water partition coefficient (Wildman–Crippen LogP) is 2.72. The molecule has 1 rings (SSSR count). The average Bonchev–Trinajstić information content (AvgIpc) is 2.35. The van der Waals surface area contributed by atoms with Crippen molar-refractivity contribution in [1.82, 2.24) is 0 Å². The third-order valence-electron chi connectivity index (χ3n) is 2.66. The summed E-state index contributed by atoms with van der Waals surface area (Å²) >= 11 is 1.73. The molecular weight excluding hydrogens is 237 g/mol. The van der Waals surface area contributed by atoms with E-state index in [-0.39, 0.29) is 23.7 Å². The van der Waals surface area contributed by atoms with Crippen LogP contribution < -0.4 is 5.73 Å². The molecule has 2 nitrogen and oxygen atoms in total. The van der Waals surface area contributed by atoms with E-state index >= 15 is 0 Å². The molecule has 0 fully saturated rings. The summed E-state index contributed by atoms with van der Waals surface area (Å²) in [7, 11) is 0. The second-order valence-electron chi connectivity index (χ2n) is 3.99. The van der Waals surface area contributed by atoms with Crippen LogP contribution >= 0.6 is 11.8 Å². The number of benzene rings is 1. The third kappa shape index (κ3) is 4.66. The first-order valence-corrected chi connectivity index (χ1v) is 6.97. The lowest BCUT2D eigenvalue weighted by Gasteiger charge is -2.23. The number of aliphatic hydroxyl groups is 1. The Morgan fingerprint density at radius 1 is 1.35 bits per heavy atom. The zero-order chi connectivity index (χ0) is 12.7. The van der Waals surface area contributed by atoms with E-state index in [0.29, 0.717) is 0 Å². The van der Waals surface area contributed by atoms with Gasteiger partial charge in [-0.25, -0.2) is 4.39 Å². The van der Waals surface area contributed by atoms with Crippen molar-refractivity contribution in [3.05, 3.63) is 35.6 Å². The van der Waals surface area contributed by atoms with Crippen LogP contribution in [0.1, 0.15) is 30.6 Å². The lowest BCUT2D eigenvalue weighted by molar-refractivity contribution is 0.296. The minimum atomic E-state index is -0.224. The van der Waals surface area contributed by atoms with Crippen LogP contribution in [-0.2, 0) is 0 Å². The Balaban J connectivity index is 2.71. The predicted molar refractivity (Wildman–Crippen MR) is 71.6 cm³/mol. The summed E-state index contributed by atoms with van der Waals surface area (Å²) in [6.07, 6.45) is 1.65. The molecule has 0 aromatic heterocycles. The number of hydrogen-bond donors (Lipinski definition) is 2. The standard InChI is InChI=1S/C13H20FNOS/c1-2-12(15)13(17-9-3-8-16)10-4-6-11(14)7-5-10/h4-7,12-13,16H,2-3,8-9,15H2,1H3. The van der Waals surface area contributed by atoms with Gasteiger partial charge in [-0.1, -0.05) is 19.1 Å². The van der Waals surface area contributed by atoms with E-state index in [1.165, 1.54) is 12.1 Å².